The fraction of sp³-hybridized carbons (Fsp3) is 0.545. The number of ether oxygens (including phenoxy) is 1. The molecule has 0 unspecified atom stereocenters. The first-order valence-electron chi connectivity index (χ1n) is 5.77. The highest BCUT2D eigenvalue weighted by atomic mass is 35.5. The van der Waals surface area contributed by atoms with E-state index in [1.54, 1.807) is 4.68 Å². The smallest absolute Gasteiger partial charge is 0.224 e. The molecule has 18 heavy (non-hydrogen) atoms. The lowest BCUT2D eigenvalue weighted by Gasteiger charge is -2.05. The maximum atomic E-state index is 6.08. The fourth-order valence-corrected chi connectivity index (χ4v) is 2.20. The van der Waals surface area contributed by atoms with Crippen LogP contribution in [0.4, 0.5) is 0 Å². The molecule has 2 rings (SSSR count). The van der Waals surface area contributed by atoms with Crippen molar-refractivity contribution in [2.24, 2.45) is 0 Å². The van der Waals surface area contributed by atoms with Crippen molar-refractivity contribution in [2.75, 3.05) is 13.2 Å². The lowest BCUT2D eigenvalue weighted by atomic mass is 10.4. The van der Waals surface area contributed by atoms with E-state index in [4.69, 9.17) is 27.9 Å². The molecule has 2 aromatic heterocycles. The predicted molar refractivity (Wildman–Crippen MR) is 71.2 cm³/mol. The van der Waals surface area contributed by atoms with Gasteiger partial charge in [-0.1, -0.05) is 18.5 Å². The Morgan fingerprint density at radius 3 is 2.72 bits per heavy atom. The van der Waals surface area contributed by atoms with E-state index < -0.39 is 0 Å². The summed E-state index contributed by atoms with van der Waals surface area (Å²) in [5.74, 6) is 0. The van der Waals surface area contributed by atoms with Crippen molar-refractivity contribution in [1.82, 2.24) is 19.7 Å². The van der Waals surface area contributed by atoms with Gasteiger partial charge < -0.3 is 4.74 Å². The Bertz CT molecular complexity index is 555. The van der Waals surface area contributed by atoms with Crippen molar-refractivity contribution >= 4 is 34.2 Å². The van der Waals surface area contributed by atoms with E-state index in [0.29, 0.717) is 29.3 Å². The highest BCUT2D eigenvalue weighted by molar-refractivity contribution is 6.35. The van der Waals surface area contributed by atoms with E-state index in [-0.39, 0.29) is 5.28 Å². The second-order valence-corrected chi connectivity index (χ2v) is 4.60. The summed E-state index contributed by atoms with van der Waals surface area (Å²) in [5, 5.41) is 4.84. The Labute approximate surface area is 115 Å². The van der Waals surface area contributed by atoms with Gasteiger partial charge in [-0.15, -0.1) is 0 Å². The molecule has 0 bridgehead atoms. The average Bonchev–Trinajstić information content (AvgIpc) is 2.62. The van der Waals surface area contributed by atoms with Crippen LogP contribution < -0.4 is 0 Å². The van der Waals surface area contributed by atoms with Gasteiger partial charge in [-0.3, -0.25) is 4.68 Å². The molecule has 0 fully saturated rings. The quantitative estimate of drug-likeness (QED) is 0.482. The van der Waals surface area contributed by atoms with Crippen LogP contribution in [0.2, 0.25) is 10.4 Å². The third-order valence-corrected chi connectivity index (χ3v) is 2.91. The van der Waals surface area contributed by atoms with Gasteiger partial charge in [0.05, 0.1) is 18.8 Å². The molecule has 0 aliphatic heterocycles. The second kappa shape index (κ2) is 5.82. The Morgan fingerprint density at radius 2 is 2.00 bits per heavy atom. The van der Waals surface area contributed by atoms with Crippen LogP contribution in [-0.2, 0) is 11.3 Å². The second-order valence-electron chi connectivity index (χ2n) is 3.90. The first kappa shape index (κ1) is 13.5. The fourth-order valence-electron chi connectivity index (χ4n) is 1.72. The van der Waals surface area contributed by atoms with Gasteiger partial charge in [-0.05, 0) is 24.9 Å². The minimum absolute atomic E-state index is 0.136. The highest BCUT2D eigenvalue weighted by Crippen LogP contribution is 2.24. The van der Waals surface area contributed by atoms with Crippen LogP contribution in [0.3, 0.4) is 0 Å². The van der Waals surface area contributed by atoms with Gasteiger partial charge in [0.2, 0.25) is 5.28 Å². The van der Waals surface area contributed by atoms with E-state index in [9.17, 15) is 0 Å². The maximum Gasteiger partial charge on any atom is 0.224 e. The summed E-state index contributed by atoms with van der Waals surface area (Å²) < 4.78 is 7.20. The minimum Gasteiger partial charge on any atom is -0.380 e. The summed E-state index contributed by atoms with van der Waals surface area (Å²) in [5.41, 5.74) is 2.18. The summed E-state index contributed by atoms with van der Waals surface area (Å²) in [6.07, 6.45) is 0.998. The highest BCUT2D eigenvalue weighted by Gasteiger charge is 2.14. The van der Waals surface area contributed by atoms with Gasteiger partial charge >= 0.3 is 0 Å². The third-order valence-electron chi connectivity index (χ3n) is 2.48. The van der Waals surface area contributed by atoms with Gasteiger partial charge in [-0.25, -0.2) is 9.97 Å². The number of fused-ring (bicyclic) bond motifs is 1. The Hall–Kier alpha value is -0.910. The molecule has 0 aliphatic carbocycles. The molecule has 5 nitrogen and oxygen atoms in total. The molecule has 0 N–H and O–H groups in total. The van der Waals surface area contributed by atoms with Gasteiger partial charge in [-0.2, -0.15) is 5.10 Å². The van der Waals surface area contributed by atoms with Crippen LogP contribution in [0.1, 0.15) is 19.0 Å². The average molecular weight is 289 g/mol. The molecular formula is C11H14Cl2N4O. The zero-order chi connectivity index (χ0) is 13.1. The number of aryl methyl sites for hydroxylation is 1. The van der Waals surface area contributed by atoms with Crippen molar-refractivity contribution < 1.29 is 4.74 Å². The first-order valence-corrected chi connectivity index (χ1v) is 6.53. The van der Waals surface area contributed by atoms with Gasteiger partial charge in [0.25, 0.3) is 0 Å². The zero-order valence-electron chi connectivity index (χ0n) is 10.3. The number of halogens is 2. The summed E-state index contributed by atoms with van der Waals surface area (Å²) in [7, 11) is 0. The van der Waals surface area contributed by atoms with E-state index in [1.807, 2.05) is 6.92 Å². The Kier molecular flexibility index (Phi) is 4.37. The molecule has 2 aromatic rings. The Morgan fingerprint density at radius 1 is 1.22 bits per heavy atom. The van der Waals surface area contributed by atoms with Gasteiger partial charge in [0.15, 0.2) is 5.15 Å². The van der Waals surface area contributed by atoms with Crippen LogP contribution >= 0.6 is 23.2 Å². The summed E-state index contributed by atoms with van der Waals surface area (Å²) in [6.45, 7) is 5.89. The molecule has 2 heterocycles. The zero-order valence-corrected chi connectivity index (χ0v) is 11.8. The lowest BCUT2D eigenvalue weighted by Crippen LogP contribution is -2.08. The third kappa shape index (κ3) is 2.74. The van der Waals surface area contributed by atoms with Crippen molar-refractivity contribution in [3.8, 4) is 0 Å². The molecule has 0 aromatic carbocycles. The first-order chi connectivity index (χ1) is 8.63. The van der Waals surface area contributed by atoms with Crippen molar-refractivity contribution in [3.63, 3.8) is 0 Å². The van der Waals surface area contributed by atoms with Crippen LogP contribution in [0.5, 0.6) is 0 Å². The van der Waals surface area contributed by atoms with Crippen LogP contribution in [-0.4, -0.2) is 33.0 Å². The molecule has 0 amide bonds. The summed E-state index contributed by atoms with van der Waals surface area (Å²) in [4.78, 5) is 8.09. The number of hydrogen-bond donors (Lipinski definition) is 0. The monoisotopic (exact) mass is 288 g/mol. The summed E-state index contributed by atoms with van der Waals surface area (Å²) >= 11 is 11.9. The summed E-state index contributed by atoms with van der Waals surface area (Å²) in [6, 6.07) is 0. The van der Waals surface area contributed by atoms with Crippen LogP contribution in [0.25, 0.3) is 11.0 Å². The molecule has 98 valence electrons. The molecule has 0 saturated carbocycles. The number of aromatic nitrogens is 4. The molecule has 0 aliphatic rings. The van der Waals surface area contributed by atoms with Crippen LogP contribution in [0, 0.1) is 6.92 Å². The van der Waals surface area contributed by atoms with Crippen molar-refractivity contribution in [3.05, 3.63) is 16.1 Å². The van der Waals surface area contributed by atoms with E-state index in [0.717, 1.165) is 18.7 Å². The van der Waals surface area contributed by atoms with Crippen molar-refractivity contribution in [2.45, 2.75) is 26.8 Å². The largest absolute Gasteiger partial charge is 0.380 e. The SMILES string of the molecule is CCCOCCn1nc(C)c2nc(Cl)nc(Cl)c21. The topological polar surface area (TPSA) is 52.8 Å². The van der Waals surface area contributed by atoms with E-state index >= 15 is 0 Å². The predicted octanol–water partition coefficient (Wildman–Crippen LogP) is 2.87. The number of rotatable bonds is 5. The number of hydrogen-bond acceptors (Lipinski definition) is 4. The molecule has 0 spiro atoms. The molecule has 7 heteroatoms. The van der Waals surface area contributed by atoms with E-state index in [2.05, 4.69) is 22.0 Å². The molecule has 0 radical (unpaired) electrons. The van der Waals surface area contributed by atoms with Gasteiger partial charge in [0.1, 0.15) is 11.0 Å². The van der Waals surface area contributed by atoms with E-state index in [1.165, 1.54) is 0 Å². The Balaban J connectivity index is 2.28. The lowest BCUT2D eigenvalue weighted by molar-refractivity contribution is 0.125. The normalized spacial score (nSPS) is 11.3. The van der Waals surface area contributed by atoms with Gasteiger partial charge in [0, 0.05) is 6.61 Å². The minimum atomic E-state index is 0.136. The maximum absolute atomic E-state index is 6.08. The standard InChI is InChI=1S/C11H14Cl2N4O/c1-3-5-18-6-4-17-9-8(7(2)16-17)14-11(13)15-10(9)12/h3-6H2,1-2H3. The number of nitrogens with zero attached hydrogens (tertiary/aromatic N) is 4. The molecule has 0 saturated heterocycles. The molecular weight excluding hydrogens is 275 g/mol. The molecule has 0 atom stereocenters. The van der Waals surface area contributed by atoms with Crippen molar-refractivity contribution in [1.29, 1.82) is 0 Å². The van der Waals surface area contributed by atoms with Crippen LogP contribution in [0.15, 0.2) is 0 Å².